The first kappa shape index (κ1) is 18.9. The summed E-state index contributed by atoms with van der Waals surface area (Å²) in [5.74, 6) is 3.07. The molecule has 0 radical (unpaired) electrons. The lowest BCUT2D eigenvalue weighted by atomic mass is 10.1. The number of thiazole rings is 1. The third-order valence-corrected chi connectivity index (χ3v) is 5.39. The number of rotatable bonds is 6. The molecule has 138 valence electrons. The van der Waals surface area contributed by atoms with Crippen LogP contribution in [0, 0.1) is 12.3 Å². The van der Waals surface area contributed by atoms with Crippen molar-refractivity contribution in [2.45, 2.75) is 32.7 Å². The highest BCUT2D eigenvalue weighted by Gasteiger charge is 2.10. The number of nitrogens with zero attached hydrogens (tertiary/aromatic N) is 2. The standard InChI is InChI=1S/C22H22N2O2S/c1-4-6-7-16-8-13-19-20(15-16)27-22(24(19)14-5-2)23-21(25)17-9-11-18(26-3)12-10-17/h2,8-13,15H,4,6-7,14H2,1,3H3. The Hall–Kier alpha value is -2.84. The van der Waals surface area contributed by atoms with Crippen LogP contribution in [-0.2, 0) is 13.0 Å². The SMILES string of the molecule is C#CCn1c(=NC(=O)c2ccc(OC)cc2)sc2cc(CCCC)ccc21. The molecule has 3 rings (SSSR count). The summed E-state index contributed by atoms with van der Waals surface area (Å²) in [6.45, 7) is 2.56. The first-order valence-corrected chi connectivity index (χ1v) is 9.76. The van der Waals surface area contributed by atoms with E-state index >= 15 is 0 Å². The van der Waals surface area contributed by atoms with Gasteiger partial charge in [0, 0.05) is 5.56 Å². The number of benzene rings is 2. The zero-order valence-corrected chi connectivity index (χ0v) is 16.4. The fourth-order valence-corrected chi connectivity index (χ4v) is 3.96. The summed E-state index contributed by atoms with van der Waals surface area (Å²) in [6, 6.07) is 13.3. The molecule has 1 amide bonds. The van der Waals surface area contributed by atoms with Crippen molar-refractivity contribution in [1.82, 2.24) is 4.57 Å². The van der Waals surface area contributed by atoms with Gasteiger partial charge in [0.1, 0.15) is 5.75 Å². The van der Waals surface area contributed by atoms with Crippen LogP contribution in [0.4, 0.5) is 0 Å². The van der Waals surface area contributed by atoms with Gasteiger partial charge < -0.3 is 9.30 Å². The third-order valence-electron chi connectivity index (χ3n) is 4.35. The lowest BCUT2D eigenvalue weighted by Crippen LogP contribution is -2.16. The fraction of sp³-hybridized carbons (Fsp3) is 0.273. The molecule has 4 nitrogen and oxygen atoms in total. The predicted molar refractivity (Wildman–Crippen MR) is 110 cm³/mol. The Morgan fingerprint density at radius 2 is 2.04 bits per heavy atom. The van der Waals surface area contributed by atoms with Crippen molar-refractivity contribution in [3.05, 3.63) is 58.4 Å². The maximum absolute atomic E-state index is 12.6. The van der Waals surface area contributed by atoms with Crippen molar-refractivity contribution in [3.63, 3.8) is 0 Å². The van der Waals surface area contributed by atoms with Gasteiger partial charge in [-0.3, -0.25) is 4.79 Å². The molecule has 0 aliphatic carbocycles. The topological polar surface area (TPSA) is 43.6 Å². The second kappa shape index (κ2) is 8.70. The van der Waals surface area contributed by atoms with Crippen LogP contribution in [0.2, 0.25) is 0 Å². The van der Waals surface area contributed by atoms with Crippen molar-refractivity contribution in [2.75, 3.05) is 7.11 Å². The number of aryl methyl sites for hydroxylation is 1. The largest absolute Gasteiger partial charge is 0.497 e. The molecular weight excluding hydrogens is 356 g/mol. The molecule has 0 bridgehead atoms. The second-order valence-corrected chi connectivity index (χ2v) is 7.24. The third kappa shape index (κ3) is 4.29. The molecule has 1 aromatic heterocycles. The number of terminal acetylenes is 1. The molecule has 3 aromatic rings. The van der Waals surface area contributed by atoms with E-state index in [1.54, 1.807) is 31.4 Å². The average molecular weight is 378 g/mol. The molecule has 2 aromatic carbocycles. The Kier molecular flexibility index (Phi) is 6.10. The molecule has 1 heterocycles. The van der Waals surface area contributed by atoms with Crippen LogP contribution in [-0.4, -0.2) is 17.6 Å². The van der Waals surface area contributed by atoms with Gasteiger partial charge >= 0.3 is 0 Å². The highest BCUT2D eigenvalue weighted by Crippen LogP contribution is 2.21. The second-order valence-electron chi connectivity index (χ2n) is 6.23. The predicted octanol–water partition coefficient (Wildman–Crippen LogP) is 4.43. The van der Waals surface area contributed by atoms with Crippen molar-refractivity contribution < 1.29 is 9.53 Å². The smallest absolute Gasteiger partial charge is 0.279 e. The summed E-state index contributed by atoms with van der Waals surface area (Å²) in [6.07, 6.45) is 8.92. The lowest BCUT2D eigenvalue weighted by molar-refractivity contribution is 0.0998. The number of hydrogen-bond donors (Lipinski definition) is 0. The highest BCUT2D eigenvalue weighted by molar-refractivity contribution is 7.16. The van der Waals surface area contributed by atoms with Crippen LogP contribution in [0.1, 0.15) is 35.7 Å². The van der Waals surface area contributed by atoms with E-state index in [2.05, 4.69) is 36.0 Å². The molecule has 0 saturated heterocycles. The van der Waals surface area contributed by atoms with Crippen LogP contribution in [0.15, 0.2) is 47.5 Å². The van der Waals surface area contributed by atoms with E-state index in [-0.39, 0.29) is 5.91 Å². The van der Waals surface area contributed by atoms with Gasteiger partial charge in [0.2, 0.25) is 0 Å². The molecule has 0 saturated carbocycles. The first-order valence-electron chi connectivity index (χ1n) is 8.95. The van der Waals surface area contributed by atoms with Gasteiger partial charge in [-0.05, 0) is 54.8 Å². The van der Waals surface area contributed by atoms with Crippen LogP contribution in [0.5, 0.6) is 5.75 Å². The minimum Gasteiger partial charge on any atom is -0.497 e. The van der Waals surface area contributed by atoms with Gasteiger partial charge in [0.05, 0.1) is 23.9 Å². The van der Waals surface area contributed by atoms with Gasteiger partial charge in [-0.2, -0.15) is 4.99 Å². The number of hydrogen-bond acceptors (Lipinski definition) is 3. The first-order chi connectivity index (χ1) is 13.2. The lowest BCUT2D eigenvalue weighted by Gasteiger charge is -2.02. The summed E-state index contributed by atoms with van der Waals surface area (Å²) in [7, 11) is 1.59. The number of unbranched alkanes of at least 4 members (excludes halogenated alkanes) is 1. The highest BCUT2D eigenvalue weighted by atomic mass is 32.1. The van der Waals surface area contributed by atoms with Gasteiger partial charge in [0.25, 0.3) is 5.91 Å². The summed E-state index contributed by atoms with van der Waals surface area (Å²) in [4.78, 5) is 17.5. The Balaban J connectivity index is 2.02. The number of carbonyl (C=O) groups is 1. The summed E-state index contributed by atoms with van der Waals surface area (Å²) < 4.78 is 8.15. The molecular formula is C22H22N2O2S. The maximum Gasteiger partial charge on any atom is 0.279 e. The van der Waals surface area contributed by atoms with E-state index in [0.29, 0.717) is 22.7 Å². The molecule has 0 fully saturated rings. The van der Waals surface area contributed by atoms with Crippen LogP contribution in [0.3, 0.4) is 0 Å². The maximum atomic E-state index is 12.6. The van der Waals surface area contributed by atoms with Crippen molar-refractivity contribution >= 4 is 27.5 Å². The van der Waals surface area contributed by atoms with E-state index in [4.69, 9.17) is 11.2 Å². The Morgan fingerprint density at radius 1 is 1.26 bits per heavy atom. The van der Waals surface area contributed by atoms with E-state index in [9.17, 15) is 4.79 Å². The monoisotopic (exact) mass is 378 g/mol. The molecule has 0 atom stereocenters. The van der Waals surface area contributed by atoms with Crippen LogP contribution >= 0.6 is 11.3 Å². The molecule has 0 aliphatic rings. The van der Waals surface area contributed by atoms with Crippen molar-refractivity contribution in [1.29, 1.82) is 0 Å². The number of ether oxygens (including phenoxy) is 1. The van der Waals surface area contributed by atoms with Crippen molar-refractivity contribution in [3.8, 4) is 18.1 Å². The molecule has 0 N–H and O–H groups in total. The normalized spacial score (nSPS) is 11.5. The van der Waals surface area contributed by atoms with E-state index in [1.807, 2.05) is 4.57 Å². The average Bonchev–Trinajstić information content (AvgIpc) is 3.03. The molecule has 0 aliphatic heterocycles. The molecule has 0 spiro atoms. The van der Waals surface area contributed by atoms with E-state index in [1.165, 1.54) is 16.9 Å². The molecule has 5 heteroatoms. The van der Waals surface area contributed by atoms with Crippen LogP contribution in [0.25, 0.3) is 10.2 Å². The summed E-state index contributed by atoms with van der Waals surface area (Å²) in [5, 5.41) is 0. The van der Waals surface area contributed by atoms with Gasteiger partial charge in [-0.15, -0.1) is 6.42 Å². The van der Waals surface area contributed by atoms with Gasteiger partial charge in [-0.1, -0.05) is 36.7 Å². The zero-order valence-electron chi connectivity index (χ0n) is 15.6. The van der Waals surface area contributed by atoms with E-state index < -0.39 is 0 Å². The summed E-state index contributed by atoms with van der Waals surface area (Å²) >= 11 is 1.50. The quantitative estimate of drug-likeness (QED) is 0.596. The van der Waals surface area contributed by atoms with Crippen molar-refractivity contribution in [2.24, 2.45) is 4.99 Å². The minimum absolute atomic E-state index is 0.291. The number of amides is 1. The molecule has 0 unspecified atom stereocenters. The number of aromatic nitrogens is 1. The Labute approximate surface area is 163 Å². The Morgan fingerprint density at radius 3 is 2.70 bits per heavy atom. The molecule has 27 heavy (non-hydrogen) atoms. The summed E-state index contributed by atoms with van der Waals surface area (Å²) in [5.41, 5.74) is 2.83. The zero-order chi connectivity index (χ0) is 19.2. The van der Waals surface area contributed by atoms with Gasteiger partial charge in [-0.25, -0.2) is 0 Å². The Bertz CT molecular complexity index is 1050. The van der Waals surface area contributed by atoms with E-state index in [0.717, 1.165) is 29.5 Å². The fourth-order valence-electron chi connectivity index (χ4n) is 2.87. The van der Waals surface area contributed by atoms with Gasteiger partial charge in [0.15, 0.2) is 4.80 Å². The number of methoxy groups -OCH3 is 1. The van der Waals surface area contributed by atoms with Crippen LogP contribution < -0.4 is 9.54 Å². The number of carbonyl (C=O) groups excluding carboxylic acids is 1. The minimum atomic E-state index is -0.291. The number of fused-ring (bicyclic) bond motifs is 1.